The third kappa shape index (κ3) is 6.47. The predicted molar refractivity (Wildman–Crippen MR) is 90.3 cm³/mol. The first-order valence-electron chi connectivity index (χ1n) is 8.18. The average Bonchev–Trinajstić information content (AvgIpc) is 2.37. The second-order valence-corrected chi connectivity index (χ2v) is 6.64. The topological polar surface area (TPSA) is 15.3 Å². The van der Waals surface area contributed by atoms with Crippen molar-refractivity contribution in [3.05, 3.63) is 29.6 Å². The molecule has 1 aromatic rings. The molecule has 1 aromatic carbocycles. The number of hydrogen-bond donors (Lipinski definition) is 1. The van der Waals surface area contributed by atoms with Crippen LogP contribution in [0, 0.1) is 17.7 Å². The van der Waals surface area contributed by atoms with Gasteiger partial charge in [0, 0.05) is 25.3 Å². The Morgan fingerprint density at radius 2 is 1.71 bits per heavy atom. The zero-order valence-electron chi connectivity index (χ0n) is 14.2. The maximum absolute atomic E-state index is 13.6. The maximum Gasteiger partial charge on any atom is 0.123 e. The quantitative estimate of drug-likeness (QED) is 0.677. The summed E-state index contributed by atoms with van der Waals surface area (Å²) in [5.74, 6) is 1.02. The molecule has 1 rings (SSSR count). The zero-order valence-corrected chi connectivity index (χ0v) is 14.2. The van der Waals surface area contributed by atoms with E-state index in [4.69, 9.17) is 0 Å². The molecule has 0 fully saturated rings. The number of nitrogens with one attached hydrogen (secondary N) is 1. The van der Waals surface area contributed by atoms with Crippen molar-refractivity contribution in [2.24, 2.45) is 11.8 Å². The molecule has 0 unspecified atom stereocenters. The standard InChI is InChI=1S/C18H31FN2/c1-6-9-20-11-16-10-17(19)7-8-18(16)21(12-14(2)3)13-15(4)5/h7-8,10,14-15,20H,6,9,11-13H2,1-5H3. The Morgan fingerprint density at radius 1 is 1.10 bits per heavy atom. The third-order valence-corrected chi connectivity index (χ3v) is 3.30. The molecule has 0 radical (unpaired) electrons. The van der Waals surface area contributed by atoms with Gasteiger partial charge in [0.2, 0.25) is 0 Å². The lowest BCUT2D eigenvalue weighted by Crippen LogP contribution is -2.32. The van der Waals surface area contributed by atoms with Gasteiger partial charge in [0.05, 0.1) is 0 Å². The summed E-state index contributed by atoms with van der Waals surface area (Å²) in [6.45, 7) is 14.8. The molecule has 21 heavy (non-hydrogen) atoms. The minimum absolute atomic E-state index is 0.152. The maximum atomic E-state index is 13.6. The van der Waals surface area contributed by atoms with Gasteiger partial charge in [-0.1, -0.05) is 34.6 Å². The van der Waals surface area contributed by atoms with Crippen LogP contribution in [0.1, 0.15) is 46.6 Å². The molecule has 0 aliphatic rings. The highest BCUT2D eigenvalue weighted by atomic mass is 19.1. The van der Waals surface area contributed by atoms with E-state index in [1.807, 2.05) is 6.07 Å². The minimum atomic E-state index is -0.152. The van der Waals surface area contributed by atoms with Gasteiger partial charge in [-0.15, -0.1) is 0 Å². The van der Waals surface area contributed by atoms with Crippen LogP contribution in [0.15, 0.2) is 18.2 Å². The van der Waals surface area contributed by atoms with Gasteiger partial charge in [0.15, 0.2) is 0 Å². The number of anilines is 1. The average molecular weight is 294 g/mol. The van der Waals surface area contributed by atoms with Crippen LogP contribution in [0.4, 0.5) is 10.1 Å². The van der Waals surface area contributed by atoms with Gasteiger partial charge in [-0.2, -0.15) is 0 Å². The van der Waals surface area contributed by atoms with Crippen molar-refractivity contribution in [2.45, 2.75) is 47.6 Å². The fourth-order valence-electron chi connectivity index (χ4n) is 2.56. The molecule has 0 aromatic heterocycles. The van der Waals surface area contributed by atoms with E-state index in [1.165, 1.54) is 5.69 Å². The Morgan fingerprint density at radius 3 is 2.24 bits per heavy atom. The SMILES string of the molecule is CCCNCc1cc(F)ccc1N(CC(C)C)CC(C)C. The van der Waals surface area contributed by atoms with Crippen LogP contribution >= 0.6 is 0 Å². The molecule has 0 aliphatic carbocycles. The number of hydrogen-bond acceptors (Lipinski definition) is 2. The first kappa shape index (κ1) is 18.0. The molecule has 0 amide bonds. The fraction of sp³-hybridized carbons (Fsp3) is 0.667. The highest BCUT2D eigenvalue weighted by Crippen LogP contribution is 2.24. The lowest BCUT2D eigenvalue weighted by molar-refractivity contribution is 0.548. The van der Waals surface area contributed by atoms with Crippen molar-refractivity contribution in [3.63, 3.8) is 0 Å². The molecule has 0 aliphatic heterocycles. The Labute approximate surface area is 129 Å². The van der Waals surface area contributed by atoms with Crippen molar-refractivity contribution in [2.75, 3.05) is 24.5 Å². The molecule has 120 valence electrons. The first-order chi connectivity index (χ1) is 9.93. The smallest absolute Gasteiger partial charge is 0.123 e. The van der Waals surface area contributed by atoms with Crippen LogP contribution in [-0.2, 0) is 6.54 Å². The van der Waals surface area contributed by atoms with Crippen LogP contribution < -0.4 is 10.2 Å². The van der Waals surface area contributed by atoms with E-state index >= 15 is 0 Å². The van der Waals surface area contributed by atoms with Gasteiger partial charge in [-0.05, 0) is 48.6 Å². The molecule has 0 atom stereocenters. The predicted octanol–water partition coefficient (Wildman–Crippen LogP) is 4.44. The van der Waals surface area contributed by atoms with Gasteiger partial charge in [-0.3, -0.25) is 0 Å². The van der Waals surface area contributed by atoms with Gasteiger partial charge >= 0.3 is 0 Å². The van der Waals surface area contributed by atoms with E-state index in [9.17, 15) is 4.39 Å². The third-order valence-electron chi connectivity index (χ3n) is 3.30. The van der Waals surface area contributed by atoms with Gasteiger partial charge in [0.25, 0.3) is 0 Å². The van der Waals surface area contributed by atoms with E-state index in [0.29, 0.717) is 11.8 Å². The van der Waals surface area contributed by atoms with Crippen molar-refractivity contribution in [3.8, 4) is 0 Å². The molecule has 0 bridgehead atoms. The monoisotopic (exact) mass is 294 g/mol. The van der Waals surface area contributed by atoms with E-state index in [2.05, 4.69) is 44.8 Å². The van der Waals surface area contributed by atoms with Crippen molar-refractivity contribution in [1.29, 1.82) is 0 Å². The molecule has 1 N–H and O–H groups in total. The molecule has 0 saturated carbocycles. The van der Waals surface area contributed by atoms with E-state index in [-0.39, 0.29) is 5.82 Å². The number of benzene rings is 1. The van der Waals surface area contributed by atoms with Crippen molar-refractivity contribution in [1.82, 2.24) is 5.32 Å². The molecule has 0 spiro atoms. The summed E-state index contributed by atoms with van der Waals surface area (Å²) in [6, 6.07) is 5.18. The lowest BCUT2D eigenvalue weighted by atomic mass is 10.1. The summed E-state index contributed by atoms with van der Waals surface area (Å²) in [5.41, 5.74) is 2.23. The summed E-state index contributed by atoms with van der Waals surface area (Å²) in [6.07, 6.45) is 1.09. The largest absolute Gasteiger partial charge is 0.371 e. The van der Waals surface area contributed by atoms with Crippen LogP contribution in [0.3, 0.4) is 0 Å². The van der Waals surface area contributed by atoms with Crippen molar-refractivity contribution >= 4 is 5.69 Å². The normalized spacial score (nSPS) is 11.4. The highest BCUT2D eigenvalue weighted by Gasteiger charge is 2.14. The number of rotatable bonds is 9. The van der Waals surface area contributed by atoms with E-state index in [0.717, 1.165) is 38.2 Å². The van der Waals surface area contributed by atoms with Crippen molar-refractivity contribution < 1.29 is 4.39 Å². The van der Waals surface area contributed by atoms with E-state index < -0.39 is 0 Å². The molecule has 2 nitrogen and oxygen atoms in total. The van der Waals surface area contributed by atoms with Crippen LogP contribution in [0.25, 0.3) is 0 Å². The summed E-state index contributed by atoms with van der Waals surface area (Å²) < 4.78 is 13.6. The second kappa shape index (κ2) is 9.04. The molecule has 0 heterocycles. The summed E-state index contributed by atoms with van der Waals surface area (Å²) in [4.78, 5) is 2.40. The Kier molecular flexibility index (Phi) is 7.73. The summed E-state index contributed by atoms with van der Waals surface area (Å²) in [5, 5.41) is 3.39. The summed E-state index contributed by atoms with van der Waals surface area (Å²) >= 11 is 0. The lowest BCUT2D eigenvalue weighted by Gasteiger charge is -2.30. The molecule has 3 heteroatoms. The van der Waals surface area contributed by atoms with E-state index in [1.54, 1.807) is 12.1 Å². The Hall–Kier alpha value is -1.09. The molecule has 0 saturated heterocycles. The minimum Gasteiger partial charge on any atom is -0.371 e. The van der Waals surface area contributed by atoms with Crippen LogP contribution in [0.2, 0.25) is 0 Å². The fourth-order valence-corrected chi connectivity index (χ4v) is 2.56. The van der Waals surface area contributed by atoms with Gasteiger partial charge < -0.3 is 10.2 Å². The summed E-state index contributed by atoms with van der Waals surface area (Å²) in [7, 11) is 0. The second-order valence-electron chi connectivity index (χ2n) is 6.64. The van der Waals surface area contributed by atoms with Gasteiger partial charge in [-0.25, -0.2) is 4.39 Å². The molecular formula is C18H31FN2. The number of halogens is 1. The van der Waals surface area contributed by atoms with Crippen LogP contribution in [0.5, 0.6) is 0 Å². The Bertz CT molecular complexity index is 406. The number of nitrogens with zero attached hydrogens (tertiary/aromatic N) is 1. The Balaban J connectivity index is 2.98. The van der Waals surface area contributed by atoms with Gasteiger partial charge in [0.1, 0.15) is 5.82 Å². The van der Waals surface area contributed by atoms with Crippen LogP contribution in [-0.4, -0.2) is 19.6 Å². The highest BCUT2D eigenvalue weighted by molar-refractivity contribution is 5.54. The molecular weight excluding hydrogens is 263 g/mol. The zero-order chi connectivity index (χ0) is 15.8. The first-order valence-corrected chi connectivity index (χ1v) is 8.18.